The monoisotopic (exact) mass is 232 g/mol. The average Bonchev–Trinajstić information content (AvgIpc) is 2.15. The number of hydrogen-bond acceptors (Lipinski definition) is 1. The standard InChI is InChI=1S/C11H8F4O/c1-6(2)10(16)8-5-7(11(13,14)15)3-4-9(8)12/h3-5H,1H2,2H3. The van der Waals surface area contributed by atoms with E-state index < -0.39 is 28.9 Å². The lowest BCUT2D eigenvalue weighted by Gasteiger charge is -2.09. The molecule has 0 aliphatic heterocycles. The fraction of sp³-hybridized carbons (Fsp3) is 0.182. The van der Waals surface area contributed by atoms with Gasteiger partial charge in [0.1, 0.15) is 5.82 Å². The van der Waals surface area contributed by atoms with E-state index in [0.717, 1.165) is 0 Å². The van der Waals surface area contributed by atoms with E-state index in [2.05, 4.69) is 6.58 Å². The Hall–Kier alpha value is -1.65. The molecule has 86 valence electrons. The molecule has 1 rings (SSSR count). The molecule has 1 nitrogen and oxygen atoms in total. The van der Waals surface area contributed by atoms with Crippen LogP contribution < -0.4 is 0 Å². The molecule has 1 aromatic carbocycles. The van der Waals surface area contributed by atoms with Gasteiger partial charge in [0.15, 0.2) is 5.78 Å². The van der Waals surface area contributed by atoms with Crippen molar-refractivity contribution in [2.45, 2.75) is 13.1 Å². The third-order valence-corrected chi connectivity index (χ3v) is 1.93. The lowest BCUT2D eigenvalue weighted by molar-refractivity contribution is -0.137. The fourth-order valence-corrected chi connectivity index (χ4v) is 1.11. The second kappa shape index (κ2) is 4.08. The Bertz CT molecular complexity index is 446. The quantitative estimate of drug-likeness (QED) is 0.432. The van der Waals surface area contributed by atoms with Crippen molar-refractivity contribution in [3.05, 3.63) is 47.3 Å². The second-order valence-corrected chi connectivity index (χ2v) is 3.30. The number of hydrogen-bond donors (Lipinski definition) is 0. The summed E-state index contributed by atoms with van der Waals surface area (Å²) in [4.78, 5) is 11.3. The van der Waals surface area contributed by atoms with E-state index in [0.29, 0.717) is 18.2 Å². The lowest BCUT2D eigenvalue weighted by Crippen LogP contribution is -2.09. The summed E-state index contributed by atoms with van der Waals surface area (Å²) in [6.45, 7) is 4.57. The Morgan fingerprint density at radius 1 is 1.31 bits per heavy atom. The van der Waals surface area contributed by atoms with Crippen LogP contribution in [0.4, 0.5) is 17.6 Å². The molecule has 16 heavy (non-hydrogen) atoms. The first-order valence-electron chi connectivity index (χ1n) is 4.30. The molecular weight excluding hydrogens is 224 g/mol. The van der Waals surface area contributed by atoms with Crippen LogP contribution in [0.3, 0.4) is 0 Å². The van der Waals surface area contributed by atoms with Crippen molar-refractivity contribution in [1.82, 2.24) is 0 Å². The summed E-state index contributed by atoms with van der Waals surface area (Å²) in [6.07, 6.45) is -4.60. The van der Waals surface area contributed by atoms with Gasteiger partial charge in [-0.2, -0.15) is 13.2 Å². The fourth-order valence-electron chi connectivity index (χ4n) is 1.11. The summed E-state index contributed by atoms with van der Waals surface area (Å²) in [5.74, 6) is -1.82. The van der Waals surface area contributed by atoms with Crippen molar-refractivity contribution >= 4 is 5.78 Å². The minimum Gasteiger partial charge on any atom is -0.289 e. The van der Waals surface area contributed by atoms with Crippen molar-refractivity contribution in [3.63, 3.8) is 0 Å². The van der Waals surface area contributed by atoms with Gasteiger partial charge in [-0.15, -0.1) is 0 Å². The van der Waals surface area contributed by atoms with Gasteiger partial charge in [-0.05, 0) is 30.7 Å². The predicted molar refractivity (Wildman–Crippen MR) is 50.5 cm³/mol. The molecule has 0 amide bonds. The molecule has 0 aliphatic rings. The minimum absolute atomic E-state index is 0.0155. The van der Waals surface area contributed by atoms with Gasteiger partial charge < -0.3 is 0 Å². The van der Waals surface area contributed by atoms with E-state index in [1.54, 1.807) is 0 Å². The van der Waals surface area contributed by atoms with Gasteiger partial charge >= 0.3 is 6.18 Å². The summed E-state index contributed by atoms with van der Waals surface area (Å²) in [6, 6.07) is 1.70. The Morgan fingerprint density at radius 2 is 1.88 bits per heavy atom. The van der Waals surface area contributed by atoms with Gasteiger partial charge in [-0.25, -0.2) is 4.39 Å². The number of alkyl halides is 3. The van der Waals surface area contributed by atoms with E-state index in [1.165, 1.54) is 6.92 Å². The Kier molecular flexibility index (Phi) is 3.16. The maximum atomic E-state index is 13.1. The largest absolute Gasteiger partial charge is 0.416 e. The van der Waals surface area contributed by atoms with E-state index in [9.17, 15) is 22.4 Å². The number of carbonyl (C=O) groups excluding carboxylic acids is 1. The summed E-state index contributed by atoms with van der Waals surface area (Å²) in [7, 11) is 0. The maximum Gasteiger partial charge on any atom is 0.416 e. The van der Waals surface area contributed by atoms with Crippen LogP contribution in [0.15, 0.2) is 30.4 Å². The van der Waals surface area contributed by atoms with Crippen LogP contribution >= 0.6 is 0 Å². The number of ketones is 1. The third-order valence-electron chi connectivity index (χ3n) is 1.93. The number of benzene rings is 1. The molecule has 0 saturated carbocycles. The first-order valence-corrected chi connectivity index (χ1v) is 4.30. The first-order chi connectivity index (χ1) is 7.23. The van der Waals surface area contributed by atoms with Crippen LogP contribution in [0.1, 0.15) is 22.8 Å². The van der Waals surface area contributed by atoms with Crippen molar-refractivity contribution in [2.24, 2.45) is 0 Å². The van der Waals surface area contributed by atoms with E-state index in [4.69, 9.17) is 0 Å². The molecule has 0 fully saturated rings. The van der Waals surface area contributed by atoms with Crippen LogP contribution in [0.5, 0.6) is 0 Å². The smallest absolute Gasteiger partial charge is 0.289 e. The number of carbonyl (C=O) groups is 1. The number of Topliss-reactive ketones (excluding diaryl/α,β-unsaturated/α-hetero) is 1. The second-order valence-electron chi connectivity index (χ2n) is 3.30. The molecule has 0 N–H and O–H groups in total. The zero-order valence-corrected chi connectivity index (χ0v) is 8.36. The molecule has 0 aromatic heterocycles. The highest BCUT2D eigenvalue weighted by Crippen LogP contribution is 2.30. The average molecular weight is 232 g/mol. The van der Waals surface area contributed by atoms with Crippen LogP contribution in [0.2, 0.25) is 0 Å². The highest BCUT2D eigenvalue weighted by Gasteiger charge is 2.31. The molecule has 0 atom stereocenters. The molecule has 0 radical (unpaired) electrons. The molecular formula is C11H8F4O. The molecule has 5 heteroatoms. The summed E-state index contributed by atoms with van der Waals surface area (Å²) in [5, 5.41) is 0. The van der Waals surface area contributed by atoms with Gasteiger partial charge in [-0.3, -0.25) is 4.79 Å². The maximum absolute atomic E-state index is 13.1. The van der Waals surface area contributed by atoms with E-state index in [1.807, 2.05) is 0 Å². The van der Waals surface area contributed by atoms with E-state index >= 15 is 0 Å². The highest BCUT2D eigenvalue weighted by molar-refractivity contribution is 6.08. The van der Waals surface area contributed by atoms with Crippen LogP contribution in [0.25, 0.3) is 0 Å². The van der Waals surface area contributed by atoms with Crippen LogP contribution in [-0.4, -0.2) is 5.78 Å². The zero-order valence-electron chi connectivity index (χ0n) is 8.36. The molecule has 0 heterocycles. The van der Waals surface area contributed by atoms with Crippen LogP contribution in [0, 0.1) is 5.82 Å². The van der Waals surface area contributed by atoms with Gasteiger partial charge in [0.05, 0.1) is 11.1 Å². The number of halogens is 4. The Morgan fingerprint density at radius 3 is 2.31 bits per heavy atom. The van der Waals surface area contributed by atoms with E-state index in [-0.39, 0.29) is 5.57 Å². The Labute approximate surface area is 89.4 Å². The van der Waals surface area contributed by atoms with Gasteiger partial charge in [0.2, 0.25) is 0 Å². The molecule has 0 spiro atoms. The number of rotatable bonds is 2. The van der Waals surface area contributed by atoms with Gasteiger partial charge in [0, 0.05) is 0 Å². The molecule has 1 aromatic rings. The summed E-state index contributed by atoms with van der Waals surface area (Å²) < 4.78 is 50.1. The normalized spacial score (nSPS) is 11.3. The summed E-state index contributed by atoms with van der Waals surface area (Å²) in [5.41, 5.74) is -1.68. The first kappa shape index (κ1) is 12.4. The van der Waals surface area contributed by atoms with Crippen molar-refractivity contribution in [1.29, 1.82) is 0 Å². The lowest BCUT2D eigenvalue weighted by atomic mass is 10.0. The SMILES string of the molecule is C=C(C)C(=O)c1cc(C(F)(F)F)ccc1F. The molecule has 0 bridgehead atoms. The topological polar surface area (TPSA) is 17.1 Å². The van der Waals surface area contributed by atoms with Crippen molar-refractivity contribution in [3.8, 4) is 0 Å². The van der Waals surface area contributed by atoms with Crippen molar-refractivity contribution < 1.29 is 22.4 Å². The summed E-state index contributed by atoms with van der Waals surface area (Å²) >= 11 is 0. The van der Waals surface area contributed by atoms with Gasteiger partial charge in [0.25, 0.3) is 0 Å². The Balaban J connectivity index is 3.30. The zero-order chi connectivity index (χ0) is 12.5. The number of allylic oxidation sites excluding steroid dienone is 1. The molecule has 0 saturated heterocycles. The predicted octanol–water partition coefficient (Wildman–Crippen LogP) is 3.60. The van der Waals surface area contributed by atoms with Gasteiger partial charge in [-0.1, -0.05) is 6.58 Å². The van der Waals surface area contributed by atoms with Crippen molar-refractivity contribution in [2.75, 3.05) is 0 Å². The highest BCUT2D eigenvalue weighted by atomic mass is 19.4. The minimum atomic E-state index is -4.60. The molecule has 0 aliphatic carbocycles. The van der Waals surface area contributed by atoms with Crippen LogP contribution in [-0.2, 0) is 6.18 Å². The third kappa shape index (κ3) is 2.48. The molecule has 0 unspecified atom stereocenters.